The monoisotopic (exact) mass is 259 g/mol. The highest BCUT2D eigenvalue weighted by Crippen LogP contribution is 2.19. The summed E-state index contributed by atoms with van der Waals surface area (Å²) in [6, 6.07) is 4.03. The van der Waals surface area contributed by atoms with Crippen LogP contribution in [0, 0.1) is 11.3 Å². The maximum atomic E-state index is 9.13. The molecule has 5 heteroatoms. The first kappa shape index (κ1) is 13.8. The lowest BCUT2D eigenvalue weighted by molar-refractivity contribution is 0.229. The fraction of sp³-hybridized carbons (Fsp3) is 0.571. The lowest BCUT2D eigenvalue weighted by atomic mass is 10.2. The van der Waals surface area contributed by atoms with Crippen molar-refractivity contribution in [1.82, 2.24) is 14.8 Å². The zero-order chi connectivity index (χ0) is 13.7. The fourth-order valence-corrected chi connectivity index (χ4v) is 2.29. The molecule has 0 aliphatic carbocycles. The van der Waals surface area contributed by atoms with E-state index < -0.39 is 0 Å². The van der Waals surface area contributed by atoms with Crippen LogP contribution in [0.5, 0.6) is 0 Å². The van der Waals surface area contributed by atoms with Gasteiger partial charge in [-0.05, 0) is 20.2 Å². The van der Waals surface area contributed by atoms with Crippen LogP contribution in [-0.2, 0) is 0 Å². The Morgan fingerprint density at radius 3 is 2.68 bits per heavy atom. The second-order valence-corrected chi connectivity index (χ2v) is 5.14. The maximum absolute atomic E-state index is 9.13. The van der Waals surface area contributed by atoms with E-state index in [9.17, 15) is 0 Å². The quantitative estimate of drug-likeness (QED) is 0.794. The zero-order valence-corrected chi connectivity index (χ0v) is 11.7. The molecule has 0 N–H and O–H groups in total. The molecule has 2 rings (SSSR count). The molecule has 0 radical (unpaired) electrons. The minimum absolute atomic E-state index is 0.719. The van der Waals surface area contributed by atoms with E-state index in [1.807, 2.05) is 0 Å². The summed E-state index contributed by atoms with van der Waals surface area (Å²) in [7, 11) is 4.20. The minimum Gasteiger partial charge on any atom is -0.367 e. The van der Waals surface area contributed by atoms with Crippen molar-refractivity contribution in [2.45, 2.75) is 0 Å². The third kappa shape index (κ3) is 3.66. The number of nitriles is 1. The van der Waals surface area contributed by atoms with Gasteiger partial charge in [-0.1, -0.05) is 0 Å². The van der Waals surface area contributed by atoms with Crippen molar-refractivity contribution in [2.24, 2.45) is 0 Å². The lowest BCUT2D eigenvalue weighted by Crippen LogP contribution is -2.48. The molecule has 1 aliphatic heterocycles. The predicted molar refractivity (Wildman–Crippen MR) is 76.2 cm³/mol. The Morgan fingerprint density at radius 2 is 2.05 bits per heavy atom. The summed E-state index contributed by atoms with van der Waals surface area (Å²) in [6.07, 6.45) is 3.48. The van der Waals surface area contributed by atoms with Gasteiger partial charge in [0.1, 0.15) is 6.07 Å². The van der Waals surface area contributed by atoms with E-state index in [0.717, 1.165) is 50.5 Å². The van der Waals surface area contributed by atoms with Crippen molar-refractivity contribution in [3.05, 3.63) is 24.0 Å². The lowest BCUT2D eigenvalue weighted by Gasteiger charge is -2.36. The van der Waals surface area contributed by atoms with E-state index in [4.69, 9.17) is 5.26 Å². The van der Waals surface area contributed by atoms with Crippen molar-refractivity contribution in [2.75, 3.05) is 58.3 Å². The van der Waals surface area contributed by atoms with Gasteiger partial charge < -0.3 is 9.80 Å². The maximum Gasteiger partial charge on any atom is 0.101 e. The first-order chi connectivity index (χ1) is 9.20. The van der Waals surface area contributed by atoms with Crippen molar-refractivity contribution in [3.63, 3.8) is 0 Å². The van der Waals surface area contributed by atoms with Crippen LogP contribution in [0.4, 0.5) is 5.69 Å². The van der Waals surface area contributed by atoms with E-state index in [1.165, 1.54) is 0 Å². The number of pyridine rings is 1. The molecular formula is C14H21N5. The zero-order valence-electron chi connectivity index (χ0n) is 11.7. The van der Waals surface area contributed by atoms with Gasteiger partial charge in [0.15, 0.2) is 0 Å². The molecule has 2 heterocycles. The molecule has 1 fully saturated rings. The molecule has 0 atom stereocenters. The third-order valence-electron chi connectivity index (χ3n) is 3.50. The van der Waals surface area contributed by atoms with Crippen molar-refractivity contribution < 1.29 is 0 Å². The first-order valence-corrected chi connectivity index (χ1v) is 6.67. The van der Waals surface area contributed by atoms with Gasteiger partial charge in [-0.2, -0.15) is 5.26 Å². The summed E-state index contributed by atoms with van der Waals surface area (Å²) in [5.41, 5.74) is 1.69. The van der Waals surface area contributed by atoms with Crippen molar-refractivity contribution >= 4 is 5.69 Å². The van der Waals surface area contributed by atoms with Gasteiger partial charge in [-0.25, -0.2) is 0 Å². The summed E-state index contributed by atoms with van der Waals surface area (Å²) >= 11 is 0. The average molecular weight is 259 g/mol. The fourth-order valence-electron chi connectivity index (χ4n) is 2.29. The van der Waals surface area contributed by atoms with Crippen LogP contribution in [-0.4, -0.2) is 68.1 Å². The molecule has 19 heavy (non-hydrogen) atoms. The van der Waals surface area contributed by atoms with Gasteiger partial charge in [-0.3, -0.25) is 9.88 Å². The molecule has 1 saturated heterocycles. The molecule has 0 aromatic carbocycles. The molecule has 0 bridgehead atoms. The highest BCUT2D eigenvalue weighted by Gasteiger charge is 2.19. The van der Waals surface area contributed by atoms with Crippen LogP contribution in [0.15, 0.2) is 18.5 Å². The first-order valence-electron chi connectivity index (χ1n) is 6.67. The van der Waals surface area contributed by atoms with Crippen molar-refractivity contribution in [3.8, 4) is 6.07 Å². The SMILES string of the molecule is CN(C)CCN1CCN(c2cnccc2C#N)CC1. The van der Waals surface area contributed by atoms with Gasteiger partial charge in [0.05, 0.1) is 17.4 Å². The van der Waals surface area contributed by atoms with E-state index in [1.54, 1.807) is 18.5 Å². The summed E-state index contributed by atoms with van der Waals surface area (Å²) < 4.78 is 0. The largest absolute Gasteiger partial charge is 0.367 e. The van der Waals surface area contributed by atoms with E-state index in [0.29, 0.717) is 0 Å². The summed E-state index contributed by atoms with van der Waals surface area (Å²) in [6.45, 7) is 6.23. The molecule has 1 aromatic heterocycles. The normalized spacial score (nSPS) is 16.6. The van der Waals surface area contributed by atoms with Crippen LogP contribution in [0.3, 0.4) is 0 Å². The summed E-state index contributed by atoms with van der Waals surface area (Å²) in [4.78, 5) is 11.1. The molecular weight excluding hydrogens is 238 g/mol. The van der Waals surface area contributed by atoms with Crippen LogP contribution >= 0.6 is 0 Å². The molecule has 0 unspecified atom stereocenters. The molecule has 102 valence electrons. The van der Waals surface area contributed by atoms with Crippen LogP contribution in [0.25, 0.3) is 0 Å². The topological polar surface area (TPSA) is 46.4 Å². The Kier molecular flexibility index (Phi) is 4.72. The Labute approximate surface area is 115 Å². The van der Waals surface area contributed by atoms with E-state index >= 15 is 0 Å². The molecule has 1 aromatic rings. The average Bonchev–Trinajstić information content (AvgIpc) is 2.45. The number of hydrogen-bond donors (Lipinski definition) is 0. The summed E-state index contributed by atoms with van der Waals surface area (Å²) in [5.74, 6) is 0. The second-order valence-electron chi connectivity index (χ2n) is 5.14. The molecule has 0 saturated carbocycles. The smallest absolute Gasteiger partial charge is 0.101 e. The number of likely N-dealkylation sites (N-methyl/N-ethyl adjacent to an activating group) is 1. The van der Waals surface area contributed by atoms with E-state index in [-0.39, 0.29) is 0 Å². The highest BCUT2D eigenvalue weighted by atomic mass is 15.3. The standard InChI is InChI=1S/C14H21N5/c1-17(2)5-6-18-7-9-19(10-8-18)14-12-16-4-3-13(14)11-15/h3-4,12H,5-10H2,1-2H3. The molecule has 0 amide bonds. The number of hydrogen-bond acceptors (Lipinski definition) is 5. The number of rotatable bonds is 4. The van der Waals surface area contributed by atoms with Crippen LogP contribution < -0.4 is 4.90 Å². The Bertz CT molecular complexity index is 443. The molecule has 5 nitrogen and oxygen atoms in total. The third-order valence-corrected chi connectivity index (χ3v) is 3.50. The predicted octanol–water partition coefficient (Wildman–Crippen LogP) is 0.637. The number of aromatic nitrogens is 1. The Morgan fingerprint density at radius 1 is 1.32 bits per heavy atom. The summed E-state index contributed by atoms with van der Waals surface area (Å²) in [5, 5.41) is 9.13. The van der Waals surface area contributed by atoms with Gasteiger partial charge in [0.2, 0.25) is 0 Å². The molecule has 0 spiro atoms. The Hall–Kier alpha value is -1.64. The highest BCUT2D eigenvalue weighted by molar-refractivity contribution is 5.57. The second kappa shape index (κ2) is 6.50. The van der Waals surface area contributed by atoms with E-state index in [2.05, 4.69) is 39.8 Å². The van der Waals surface area contributed by atoms with Gasteiger partial charge in [0.25, 0.3) is 0 Å². The van der Waals surface area contributed by atoms with Gasteiger partial charge in [-0.15, -0.1) is 0 Å². The number of nitrogens with zero attached hydrogens (tertiary/aromatic N) is 5. The minimum atomic E-state index is 0.719. The van der Waals surface area contributed by atoms with Crippen molar-refractivity contribution in [1.29, 1.82) is 5.26 Å². The van der Waals surface area contributed by atoms with Crippen LogP contribution in [0.1, 0.15) is 5.56 Å². The van der Waals surface area contributed by atoms with Gasteiger partial charge in [0, 0.05) is 45.5 Å². The number of anilines is 1. The Balaban J connectivity index is 1.91. The number of piperazine rings is 1. The van der Waals surface area contributed by atoms with Crippen LogP contribution in [0.2, 0.25) is 0 Å². The molecule has 1 aliphatic rings. The van der Waals surface area contributed by atoms with Gasteiger partial charge >= 0.3 is 0 Å².